The number of para-hydroxylation sites is 1. The number of hydrogen-bond acceptors (Lipinski definition) is 3. The van der Waals surface area contributed by atoms with Crippen LogP contribution in [0.15, 0.2) is 247 Å². The van der Waals surface area contributed by atoms with E-state index in [1.807, 2.05) is 0 Å². The second-order valence-electron chi connectivity index (χ2n) is 16.1. The first-order chi connectivity index (χ1) is 31.2. The molecule has 0 aliphatic carbocycles. The Morgan fingerprint density at radius 2 is 0.746 bits per heavy atom. The number of benzene rings is 11. The molecule has 0 aliphatic heterocycles. The molecule has 1 aromatic heterocycles. The maximum absolute atomic E-state index is 7.08. The second kappa shape index (κ2) is 15.3. The van der Waals surface area contributed by atoms with Gasteiger partial charge in [-0.15, -0.1) is 0 Å². The monoisotopic (exact) mass is 804 g/mol. The van der Waals surface area contributed by atoms with Gasteiger partial charge in [0.15, 0.2) is 0 Å². The zero-order valence-corrected chi connectivity index (χ0v) is 34.4. The predicted octanol–water partition coefficient (Wildman–Crippen LogP) is 17.3. The van der Waals surface area contributed by atoms with Gasteiger partial charge in [0, 0.05) is 56.0 Å². The normalized spacial score (nSPS) is 11.5. The molecule has 11 aromatic carbocycles. The van der Waals surface area contributed by atoms with Crippen molar-refractivity contribution < 1.29 is 4.42 Å². The Balaban J connectivity index is 1.02. The zero-order valence-electron chi connectivity index (χ0n) is 34.4. The third-order valence-corrected chi connectivity index (χ3v) is 12.4. The van der Waals surface area contributed by atoms with Crippen LogP contribution in [0.3, 0.4) is 0 Å². The van der Waals surface area contributed by atoms with Gasteiger partial charge >= 0.3 is 0 Å². The maximum Gasteiger partial charge on any atom is 0.143 e. The molecule has 0 bridgehead atoms. The van der Waals surface area contributed by atoms with Crippen molar-refractivity contribution >= 4 is 88.4 Å². The fourth-order valence-corrected chi connectivity index (χ4v) is 9.43. The van der Waals surface area contributed by atoms with E-state index in [1.54, 1.807) is 0 Å². The van der Waals surface area contributed by atoms with Crippen molar-refractivity contribution in [3.8, 4) is 22.3 Å². The lowest BCUT2D eigenvalue weighted by Gasteiger charge is -2.27. The van der Waals surface area contributed by atoms with E-state index in [1.165, 1.54) is 43.8 Å². The minimum atomic E-state index is 0.845. The molecule has 296 valence electrons. The van der Waals surface area contributed by atoms with E-state index in [9.17, 15) is 0 Å². The fraction of sp³-hybridized carbons (Fsp3) is 0. The Bertz CT molecular complexity index is 3510. The molecule has 0 radical (unpaired) electrons. The van der Waals surface area contributed by atoms with Crippen LogP contribution in [-0.2, 0) is 0 Å². The van der Waals surface area contributed by atoms with Gasteiger partial charge in [-0.3, -0.25) is 0 Å². The van der Waals surface area contributed by atoms with Crippen LogP contribution in [0.1, 0.15) is 0 Å². The predicted molar refractivity (Wildman–Crippen MR) is 266 cm³/mol. The summed E-state index contributed by atoms with van der Waals surface area (Å²) in [6, 6.07) is 86.9. The van der Waals surface area contributed by atoms with E-state index in [4.69, 9.17) is 4.42 Å². The van der Waals surface area contributed by atoms with Crippen molar-refractivity contribution in [2.24, 2.45) is 0 Å². The van der Waals surface area contributed by atoms with Crippen molar-refractivity contribution in [1.29, 1.82) is 0 Å². The van der Waals surface area contributed by atoms with E-state index in [2.05, 4.69) is 252 Å². The average molecular weight is 805 g/mol. The van der Waals surface area contributed by atoms with Crippen LogP contribution in [-0.4, -0.2) is 0 Å². The van der Waals surface area contributed by atoms with Gasteiger partial charge in [-0.1, -0.05) is 164 Å². The molecule has 0 N–H and O–H groups in total. The lowest BCUT2D eigenvalue weighted by atomic mass is 9.96. The van der Waals surface area contributed by atoms with Gasteiger partial charge in [0.2, 0.25) is 0 Å². The largest absolute Gasteiger partial charge is 0.455 e. The summed E-state index contributed by atoms with van der Waals surface area (Å²) in [6.07, 6.45) is 0. The van der Waals surface area contributed by atoms with Gasteiger partial charge in [-0.25, -0.2) is 0 Å². The van der Waals surface area contributed by atoms with Gasteiger partial charge < -0.3 is 14.2 Å². The molecule has 0 saturated carbocycles. The highest BCUT2D eigenvalue weighted by Crippen LogP contribution is 2.46. The number of rotatable bonds is 8. The molecule has 0 atom stereocenters. The van der Waals surface area contributed by atoms with Gasteiger partial charge in [-0.05, 0) is 117 Å². The lowest BCUT2D eigenvalue weighted by molar-refractivity contribution is 0.673. The standard InChI is InChI=1S/C60H40N2O/c1-4-15-41(16-5-1)43-27-31-47(32-28-43)61(48-33-29-44(30-34-48)42-17-6-2-7-18-42)50-36-38-55-58(40-50)63-60-54-37-35-49(39-56(54)52-24-12-13-25-53(52)59(55)60)62(46-21-8-3-9-22-46)57-26-14-20-45-19-10-11-23-51(45)57/h1-40H. The number of hydrogen-bond donors (Lipinski definition) is 0. The lowest BCUT2D eigenvalue weighted by Crippen LogP contribution is -2.10. The SMILES string of the molecule is c1ccc(-c2ccc(N(c3ccc(-c4ccccc4)cc3)c3ccc4c(c3)oc3c5ccc(N(c6ccccc6)c6cccc7ccccc67)cc5c5ccccc5c43)cc2)cc1. The van der Waals surface area contributed by atoms with Crippen LogP contribution < -0.4 is 9.80 Å². The van der Waals surface area contributed by atoms with Gasteiger partial charge in [0.1, 0.15) is 11.2 Å². The third-order valence-electron chi connectivity index (χ3n) is 12.4. The molecule has 3 heteroatoms. The van der Waals surface area contributed by atoms with E-state index in [0.717, 1.165) is 66.8 Å². The van der Waals surface area contributed by atoms with Crippen molar-refractivity contribution in [1.82, 2.24) is 0 Å². The molecular weight excluding hydrogens is 765 g/mol. The molecule has 3 nitrogen and oxygen atoms in total. The summed E-state index contributed by atoms with van der Waals surface area (Å²) in [6.45, 7) is 0. The van der Waals surface area contributed by atoms with E-state index in [-0.39, 0.29) is 0 Å². The van der Waals surface area contributed by atoms with Crippen LogP contribution in [0.5, 0.6) is 0 Å². The maximum atomic E-state index is 7.08. The molecule has 0 unspecified atom stereocenters. The van der Waals surface area contributed by atoms with Gasteiger partial charge in [-0.2, -0.15) is 0 Å². The molecule has 0 spiro atoms. The Kier molecular flexibility index (Phi) is 8.83. The first kappa shape index (κ1) is 36.5. The van der Waals surface area contributed by atoms with Crippen LogP contribution >= 0.6 is 0 Å². The van der Waals surface area contributed by atoms with Crippen molar-refractivity contribution in [2.45, 2.75) is 0 Å². The van der Waals surface area contributed by atoms with Crippen LogP contribution in [0.25, 0.3) is 76.5 Å². The first-order valence-electron chi connectivity index (χ1n) is 21.5. The highest BCUT2D eigenvalue weighted by atomic mass is 16.3. The van der Waals surface area contributed by atoms with E-state index < -0.39 is 0 Å². The number of anilines is 6. The smallest absolute Gasteiger partial charge is 0.143 e. The summed E-state index contributed by atoms with van der Waals surface area (Å²) < 4.78 is 7.08. The quantitative estimate of drug-likeness (QED) is 0.143. The number of furan rings is 1. The van der Waals surface area contributed by atoms with E-state index >= 15 is 0 Å². The zero-order chi connectivity index (χ0) is 41.7. The van der Waals surface area contributed by atoms with Gasteiger partial charge in [0.05, 0.1) is 5.69 Å². The van der Waals surface area contributed by atoms with Crippen LogP contribution in [0.2, 0.25) is 0 Å². The number of fused-ring (bicyclic) bond motifs is 9. The summed E-state index contributed by atoms with van der Waals surface area (Å²) in [7, 11) is 0. The molecule has 1 heterocycles. The van der Waals surface area contributed by atoms with Crippen molar-refractivity contribution in [3.63, 3.8) is 0 Å². The summed E-state index contributed by atoms with van der Waals surface area (Å²) in [4.78, 5) is 4.70. The molecule has 0 fully saturated rings. The Morgan fingerprint density at radius 1 is 0.270 bits per heavy atom. The third kappa shape index (κ3) is 6.38. The highest BCUT2D eigenvalue weighted by Gasteiger charge is 2.21. The molecule has 63 heavy (non-hydrogen) atoms. The van der Waals surface area contributed by atoms with Crippen LogP contribution in [0, 0.1) is 0 Å². The molecule has 0 amide bonds. The Morgan fingerprint density at radius 3 is 1.40 bits per heavy atom. The molecular formula is C60H40N2O. The molecule has 0 aliphatic rings. The number of nitrogens with zero attached hydrogens (tertiary/aromatic N) is 2. The average Bonchev–Trinajstić information content (AvgIpc) is 3.75. The Hall–Kier alpha value is -8.40. The Labute approximate surface area is 365 Å². The molecule has 12 rings (SSSR count). The van der Waals surface area contributed by atoms with E-state index in [0.29, 0.717) is 0 Å². The highest BCUT2D eigenvalue weighted by molar-refractivity contribution is 6.30. The minimum absolute atomic E-state index is 0.845. The summed E-state index contributed by atoms with van der Waals surface area (Å²) in [5.74, 6) is 0. The molecule has 12 aromatic rings. The summed E-state index contributed by atoms with van der Waals surface area (Å²) >= 11 is 0. The summed E-state index contributed by atoms with van der Waals surface area (Å²) in [5.41, 5.74) is 12.9. The topological polar surface area (TPSA) is 19.6 Å². The second-order valence-corrected chi connectivity index (χ2v) is 16.1. The van der Waals surface area contributed by atoms with Crippen molar-refractivity contribution in [3.05, 3.63) is 243 Å². The minimum Gasteiger partial charge on any atom is -0.455 e. The first-order valence-corrected chi connectivity index (χ1v) is 21.5. The van der Waals surface area contributed by atoms with Gasteiger partial charge in [0.25, 0.3) is 0 Å². The van der Waals surface area contributed by atoms with Crippen LogP contribution in [0.4, 0.5) is 34.1 Å². The molecule has 0 saturated heterocycles. The summed E-state index contributed by atoms with van der Waals surface area (Å²) in [5, 5.41) is 9.23. The van der Waals surface area contributed by atoms with Crippen molar-refractivity contribution in [2.75, 3.05) is 9.80 Å². The fourth-order valence-electron chi connectivity index (χ4n) is 9.43.